The fourth-order valence-corrected chi connectivity index (χ4v) is 5.50. The molecule has 1 aliphatic heterocycles. The third-order valence-electron chi connectivity index (χ3n) is 5.41. The second kappa shape index (κ2) is 9.77. The minimum absolute atomic E-state index is 0.0516. The molecule has 180 valence electrons. The Bertz CT molecular complexity index is 1460. The van der Waals surface area contributed by atoms with E-state index in [9.17, 15) is 23.1 Å². The third-order valence-corrected chi connectivity index (χ3v) is 7.45. The molecule has 0 atom stereocenters. The van der Waals surface area contributed by atoms with Gasteiger partial charge >= 0.3 is 5.97 Å². The molecule has 0 saturated heterocycles. The minimum Gasteiger partial charge on any atom is -0.478 e. The molecule has 0 spiro atoms. The number of amides is 1. The van der Waals surface area contributed by atoms with Gasteiger partial charge in [-0.05, 0) is 66.1 Å². The maximum atomic E-state index is 13.3. The topological polar surface area (TPSA) is 125 Å². The summed E-state index contributed by atoms with van der Waals surface area (Å²) in [6.07, 6.45) is 1.86. The van der Waals surface area contributed by atoms with Crippen LogP contribution in [0.25, 0.3) is 0 Å². The van der Waals surface area contributed by atoms with Crippen molar-refractivity contribution in [3.63, 3.8) is 0 Å². The highest BCUT2D eigenvalue weighted by molar-refractivity contribution is 7.92. The fraction of sp³-hybridized carbons (Fsp3) is 0.125. The molecule has 1 amide bonds. The van der Waals surface area contributed by atoms with Gasteiger partial charge in [-0.2, -0.15) is 0 Å². The SMILES string of the molecule is CO/N=C\c1ccc(NC(=O)c2cccc(S(=O)(=O)N3CCc4cc(Cl)ccc43)c2)c(C(=O)O)c1. The number of carbonyl (C=O) groups excluding carboxylic acids is 1. The molecule has 35 heavy (non-hydrogen) atoms. The highest BCUT2D eigenvalue weighted by Gasteiger charge is 2.31. The molecule has 1 heterocycles. The summed E-state index contributed by atoms with van der Waals surface area (Å²) < 4.78 is 28.0. The summed E-state index contributed by atoms with van der Waals surface area (Å²) in [6.45, 7) is 0.259. The smallest absolute Gasteiger partial charge is 0.337 e. The van der Waals surface area contributed by atoms with E-state index in [1.807, 2.05) is 0 Å². The first kappa shape index (κ1) is 24.2. The Morgan fingerprint density at radius 1 is 1.14 bits per heavy atom. The van der Waals surface area contributed by atoms with Gasteiger partial charge < -0.3 is 15.3 Å². The first-order chi connectivity index (χ1) is 16.7. The van der Waals surface area contributed by atoms with Crippen molar-refractivity contribution >= 4 is 51.1 Å². The Morgan fingerprint density at radius 3 is 2.69 bits per heavy atom. The van der Waals surface area contributed by atoms with Crippen molar-refractivity contribution in [2.45, 2.75) is 11.3 Å². The van der Waals surface area contributed by atoms with Gasteiger partial charge in [0.2, 0.25) is 0 Å². The lowest BCUT2D eigenvalue weighted by atomic mass is 10.1. The summed E-state index contributed by atoms with van der Waals surface area (Å²) in [6, 6.07) is 14.9. The van der Waals surface area contributed by atoms with E-state index in [1.54, 1.807) is 24.3 Å². The summed E-state index contributed by atoms with van der Waals surface area (Å²) >= 11 is 6.02. The van der Waals surface area contributed by atoms with E-state index >= 15 is 0 Å². The van der Waals surface area contributed by atoms with Gasteiger partial charge in [0.15, 0.2) is 0 Å². The van der Waals surface area contributed by atoms with Gasteiger partial charge in [0.25, 0.3) is 15.9 Å². The first-order valence-corrected chi connectivity index (χ1v) is 12.2. The average Bonchev–Trinajstić information content (AvgIpc) is 3.27. The van der Waals surface area contributed by atoms with E-state index in [0.29, 0.717) is 22.7 Å². The van der Waals surface area contributed by atoms with Crippen LogP contribution in [0, 0.1) is 0 Å². The van der Waals surface area contributed by atoms with Crippen LogP contribution in [0.15, 0.2) is 70.7 Å². The molecule has 0 aromatic heterocycles. The molecule has 3 aromatic carbocycles. The second-order valence-corrected chi connectivity index (χ2v) is 9.91. The van der Waals surface area contributed by atoms with Crippen molar-refractivity contribution < 1.29 is 28.0 Å². The van der Waals surface area contributed by atoms with Gasteiger partial charge in [-0.1, -0.05) is 28.9 Å². The van der Waals surface area contributed by atoms with Gasteiger partial charge in [0, 0.05) is 17.1 Å². The number of anilines is 2. The summed E-state index contributed by atoms with van der Waals surface area (Å²) in [5.41, 5.74) is 1.79. The number of carboxylic acids is 1. The average molecular weight is 514 g/mol. The molecule has 0 saturated carbocycles. The molecule has 0 radical (unpaired) electrons. The van der Waals surface area contributed by atoms with E-state index in [1.165, 1.54) is 54.0 Å². The molecular formula is C24H20ClN3O6S. The van der Waals surface area contributed by atoms with E-state index in [0.717, 1.165) is 5.56 Å². The maximum absolute atomic E-state index is 13.3. The monoisotopic (exact) mass is 513 g/mol. The quantitative estimate of drug-likeness (QED) is 0.363. The highest BCUT2D eigenvalue weighted by Crippen LogP contribution is 2.34. The normalized spacial score (nSPS) is 13.0. The second-order valence-electron chi connectivity index (χ2n) is 7.61. The van der Waals surface area contributed by atoms with Crippen LogP contribution in [-0.4, -0.2) is 45.3 Å². The summed E-state index contributed by atoms with van der Waals surface area (Å²) in [7, 11) is -2.58. The highest BCUT2D eigenvalue weighted by atomic mass is 35.5. The van der Waals surface area contributed by atoms with Crippen LogP contribution in [0.3, 0.4) is 0 Å². The maximum Gasteiger partial charge on any atom is 0.337 e. The van der Waals surface area contributed by atoms with Gasteiger partial charge in [0.1, 0.15) is 7.11 Å². The van der Waals surface area contributed by atoms with Crippen molar-refractivity contribution in [3.05, 3.63) is 87.9 Å². The number of nitrogens with zero attached hydrogens (tertiary/aromatic N) is 2. The predicted molar refractivity (Wildman–Crippen MR) is 132 cm³/mol. The molecule has 0 aliphatic carbocycles. The van der Waals surface area contributed by atoms with Crippen molar-refractivity contribution in [1.82, 2.24) is 0 Å². The Morgan fingerprint density at radius 2 is 1.94 bits per heavy atom. The van der Waals surface area contributed by atoms with Crippen molar-refractivity contribution in [3.8, 4) is 0 Å². The third kappa shape index (κ3) is 4.98. The minimum atomic E-state index is -3.94. The van der Waals surface area contributed by atoms with Crippen LogP contribution in [0.2, 0.25) is 5.02 Å². The lowest BCUT2D eigenvalue weighted by molar-refractivity contribution is 0.0698. The number of halogens is 1. The number of carbonyl (C=O) groups is 2. The number of oxime groups is 1. The Hall–Kier alpha value is -3.89. The number of fused-ring (bicyclic) bond motifs is 1. The Kier molecular flexibility index (Phi) is 6.77. The fourth-order valence-electron chi connectivity index (χ4n) is 3.75. The zero-order chi connectivity index (χ0) is 25.2. The summed E-state index contributed by atoms with van der Waals surface area (Å²) in [5, 5.41) is 16.2. The van der Waals surface area contributed by atoms with E-state index in [2.05, 4.69) is 15.3 Å². The lowest BCUT2D eigenvalue weighted by Gasteiger charge is -2.20. The largest absolute Gasteiger partial charge is 0.478 e. The van der Waals surface area contributed by atoms with Crippen LogP contribution in [0.4, 0.5) is 11.4 Å². The van der Waals surface area contributed by atoms with Crippen LogP contribution >= 0.6 is 11.6 Å². The zero-order valence-corrected chi connectivity index (χ0v) is 20.0. The molecule has 4 rings (SSSR count). The Balaban J connectivity index is 1.61. The molecule has 1 aliphatic rings. The molecule has 11 heteroatoms. The number of hydrogen-bond donors (Lipinski definition) is 2. The summed E-state index contributed by atoms with van der Waals surface area (Å²) in [4.78, 5) is 29.1. The van der Waals surface area contributed by atoms with Gasteiger partial charge in [-0.25, -0.2) is 13.2 Å². The van der Waals surface area contributed by atoms with Crippen LogP contribution in [0.5, 0.6) is 0 Å². The molecule has 9 nitrogen and oxygen atoms in total. The number of benzene rings is 3. The van der Waals surface area contributed by atoms with Gasteiger partial charge in [-0.3, -0.25) is 9.10 Å². The number of rotatable bonds is 7. The predicted octanol–water partition coefficient (Wildman–Crippen LogP) is 4.02. The van der Waals surface area contributed by atoms with Crippen LogP contribution in [-0.2, 0) is 21.3 Å². The van der Waals surface area contributed by atoms with Crippen LogP contribution < -0.4 is 9.62 Å². The zero-order valence-electron chi connectivity index (χ0n) is 18.4. The molecule has 0 fully saturated rings. The number of hydrogen-bond acceptors (Lipinski definition) is 6. The van der Waals surface area contributed by atoms with E-state index in [-0.39, 0.29) is 28.3 Å². The number of sulfonamides is 1. The number of carboxylic acid groups (broad SMARTS) is 1. The molecule has 0 bridgehead atoms. The molecule has 3 aromatic rings. The standard InChI is InChI=1S/C24H20ClN3O6S/c1-34-26-14-15-5-7-21(20(11-15)24(30)31)27-23(29)17-3-2-4-19(13-17)35(32,33)28-10-9-16-12-18(25)6-8-22(16)28/h2-8,11-14H,9-10H2,1H3,(H,27,29)(H,30,31)/b26-14-. The summed E-state index contributed by atoms with van der Waals surface area (Å²) in [5.74, 6) is -1.91. The first-order valence-electron chi connectivity index (χ1n) is 10.4. The molecule has 2 N–H and O–H groups in total. The van der Waals surface area contributed by atoms with Crippen LogP contribution in [0.1, 0.15) is 31.8 Å². The Labute approximate surface area is 206 Å². The number of aromatic carboxylic acids is 1. The van der Waals surface area contributed by atoms with E-state index < -0.39 is 21.9 Å². The van der Waals surface area contributed by atoms with E-state index in [4.69, 9.17) is 11.6 Å². The van der Waals surface area contributed by atoms with Crippen molar-refractivity contribution in [1.29, 1.82) is 0 Å². The van der Waals surface area contributed by atoms with Gasteiger partial charge in [-0.15, -0.1) is 0 Å². The molecule has 0 unspecified atom stereocenters. The van der Waals surface area contributed by atoms with Crippen molar-refractivity contribution in [2.24, 2.45) is 5.16 Å². The molecular weight excluding hydrogens is 494 g/mol. The number of nitrogens with one attached hydrogen (secondary N) is 1. The van der Waals surface area contributed by atoms with Crippen molar-refractivity contribution in [2.75, 3.05) is 23.3 Å². The lowest BCUT2D eigenvalue weighted by Crippen LogP contribution is -2.29. The van der Waals surface area contributed by atoms with Gasteiger partial charge in [0.05, 0.1) is 28.0 Å².